The highest BCUT2D eigenvalue weighted by atomic mass is 35.5. The highest BCUT2D eigenvalue weighted by Crippen LogP contribution is 2.31. The molecule has 1 aliphatic rings. The van der Waals surface area contributed by atoms with Gasteiger partial charge in [0.25, 0.3) is 0 Å². The number of anilines is 2. The zero-order valence-electron chi connectivity index (χ0n) is 15.5. The molecular formula is C20H22ClN5OS. The van der Waals surface area contributed by atoms with E-state index in [1.807, 2.05) is 29.9 Å². The summed E-state index contributed by atoms with van der Waals surface area (Å²) in [4.78, 5) is 25.1. The Hall–Kier alpha value is -2.51. The number of aromatic nitrogens is 3. The SMILES string of the molecule is CCc1cnc(Nc2ccc(C3CCCC(=O)N3)cn2)c(-c2nccs2)c1.Cl. The van der Waals surface area contributed by atoms with E-state index < -0.39 is 0 Å². The molecule has 0 aromatic carbocycles. The summed E-state index contributed by atoms with van der Waals surface area (Å²) in [6.45, 7) is 2.11. The number of halogens is 1. The van der Waals surface area contributed by atoms with E-state index in [0.717, 1.165) is 47.0 Å². The van der Waals surface area contributed by atoms with Crippen LogP contribution in [-0.2, 0) is 11.2 Å². The molecular weight excluding hydrogens is 394 g/mol. The second kappa shape index (κ2) is 9.12. The van der Waals surface area contributed by atoms with Gasteiger partial charge in [-0.05, 0) is 42.5 Å². The van der Waals surface area contributed by atoms with Crippen molar-refractivity contribution in [2.75, 3.05) is 5.32 Å². The summed E-state index contributed by atoms with van der Waals surface area (Å²) in [6.07, 6.45) is 8.91. The Labute approximate surface area is 174 Å². The van der Waals surface area contributed by atoms with Gasteiger partial charge in [-0.2, -0.15) is 0 Å². The zero-order chi connectivity index (χ0) is 18.6. The van der Waals surface area contributed by atoms with Crippen LogP contribution in [0.2, 0.25) is 0 Å². The number of aryl methyl sites for hydroxylation is 1. The molecule has 3 aromatic heterocycles. The third kappa shape index (κ3) is 4.48. The summed E-state index contributed by atoms with van der Waals surface area (Å²) in [5, 5.41) is 9.23. The molecule has 4 heterocycles. The van der Waals surface area contributed by atoms with Crippen molar-refractivity contribution in [1.29, 1.82) is 0 Å². The first kappa shape index (κ1) is 20.2. The number of nitrogens with one attached hydrogen (secondary N) is 2. The third-order valence-electron chi connectivity index (χ3n) is 4.68. The minimum Gasteiger partial charge on any atom is -0.349 e. The van der Waals surface area contributed by atoms with E-state index in [1.54, 1.807) is 17.5 Å². The average Bonchev–Trinajstić information content (AvgIpc) is 3.23. The number of nitrogens with zero attached hydrogens (tertiary/aromatic N) is 3. The first-order valence-electron chi connectivity index (χ1n) is 9.14. The molecule has 0 spiro atoms. The van der Waals surface area contributed by atoms with Crippen molar-refractivity contribution in [2.24, 2.45) is 0 Å². The van der Waals surface area contributed by atoms with E-state index in [-0.39, 0.29) is 24.4 Å². The topological polar surface area (TPSA) is 79.8 Å². The summed E-state index contributed by atoms with van der Waals surface area (Å²) in [5.41, 5.74) is 3.18. The largest absolute Gasteiger partial charge is 0.349 e. The molecule has 146 valence electrons. The number of piperidine rings is 1. The summed E-state index contributed by atoms with van der Waals surface area (Å²) < 4.78 is 0. The maximum absolute atomic E-state index is 11.6. The standard InChI is InChI=1S/C20H21N5OS.ClH/c1-2-13-10-15(20-21-8-9-27-20)19(23-11-13)25-17-7-6-14(12-22-17)16-4-3-5-18(26)24-16;/h6-12,16H,2-5H2,1H3,(H,24,26)(H,22,23,25);1H. The molecule has 1 aliphatic heterocycles. The van der Waals surface area contributed by atoms with E-state index in [0.29, 0.717) is 6.42 Å². The normalized spacial score (nSPS) is 16.2. The van der Waals surface area contributed by atoms with Gasteiger partial charge in [0.2, 0.25) is 5.91 Å². The summed E-state index contributed by atoms with van der Waals surface area (Å²) in [6, 6.07) is 6.12. The van der Waals surface area contributed by atoms with Crippen LogP contribution in [0.25, 0.3) is 10.6 Å². The molecule has 28 heavy (non-hydrogen) atoms. The number of hydrogen-bond acceptors (Lipinski definition) is 6. The van der Waals surface area contributed by atoms with Gasteiger partial charge in [0.05, 0.1) is 11.6 Å². The summed E-state index contributed by atoms with van der Waals surface area (Å²) in [5.74, 6) is 1.57. The van der Waals surface area contributed by atoms with Crippen molar-refractivity contribution < 1.29 is 4.79 Å². The van der Waals surface area contributed by atoms with Gasteiger partial charge < -0.3 is 10.6 Å². The van der Waals surface area contributed by atoms with Gasteiger partial charge in [-0.3, -0.25) is 4.79 Å². The lowest BCUT2D eigenvalue weighted by atomic mass is 9.98. The molecule has 1 fully saturated rings. The Balaban J connectivity index is 0.00000225. The Morgan fingerprint density at radius 2 is 2.14 bits per heavy atom. The minimum atomic E-state index is 0. The van der Waals surface area contributed by atoms with Crippen LogP contribution >= 0.6 is 23.7 Å². The molecule has 3 aromatic rings. The van der Waals surface area contributed by atoms with Gasteiger partial charge in [-0.25, -0.2) is 15.0 Å². The van der Waals surface area contributed by atoms with Crippen molar-refractivity contribution in [3.05, 3.63) is 53.3 Å². The number of carbonyl (C=O) groups excluding carboxylic acids is 1. The van der Waals surface area contributed by atoms with Gasteiger partial charge in [0.1, 0.15) is 16.6 Å². The lowest BCUT2D eigenvalue weighted by molar-refractivity contribution is -0.123. The lowest BCUT2D eigenvalue weighted by Crippen LogP contribution is -2.32. The molecule has 0 aliphatic carbocycles. The first-order valence-corrected chi connectivity index (χ1v) is 10.0. The molecule has 8 heteroatoms. The molecule has 1 saturated heterocycles. The summed E-state index contributed by atoms with van der Waals surface area (Å²) in [7, 11) is 0. The predicted molar refractivity (Wildman–Crippen MR) is 114 cm³/mol. The van der Waals surface area contributed by atoms with Gasteiger partial charge in [-0.15, -0.1) is 23.7 Å². The van der Waals surface area contributed by atoms with Crippen LogP contribution in [0.1, 0.15) is 43.4 Å². The number of thiazole rings is 1. The van der Waals surface area contributed by atoms with E-state index in [1.165, 1.54) is 5.56 Å². The van der Waals surface area contributed by atoms with Crippen molar-refractivity contribution >= 4 is 41.3 Å². The molecule has 1 unspecified atom stereocenters. The molecule has 6 nitrogen and oxygen atoms in total. The van der Waals surface area contributed by atoms with E-state index in [9.17, 15) is 4.79 Å². The van der Waals surface area contributed by atoms with Crippen LogP contribution in [0, 0.1) is 0 Å². The fraction of sp³-hybridized carbons (Fsp3) is 0.300. The average molecular weight is 416 g/mol. The van der Waals surface area contributed by atoms with E-state index in [2.05, 4.69) is 38.6 Å². The van der Waals surface area contributed by atoms with Crippen LogP contribution in [0.5, 0.6) is 0 Å². The number of amides is 1. The van der Waals surface area contributed by atoms with Crippen LogP contribution < -0.4 is 10.6 Å². The Kier molecular flexibility index (Phi) is 6.59. The predicted octanol–water partition coefficient (Wildman–Crippen LogP) is 4.67. The molecule has 2 N–H and O–H groups in total. The Morgan fingerprint density at radius 1 is 1.25 bits per heavy atom. The lowest BCUT2D eigenvalue weighted by Gasteiger charge is -2.23. The Morgan fingerprint density at radius 3 is 2.82 bits per heavy atom. The van der Waals surface area contributed by atoms with Gasteiger partial charge in [0.15, 0.2) is 0 Å². The van der Waals surface area contributed by atoms with Crippen molar-refractivity contribution in [3.8, 4) is 10.6 Å². The number of carbonyl (C=O) groups is 1. The highest BCUT2D eigenvalue weighted by Gasteiger charge is 2.20. The van der Waals surface area contributed by atoms with Gasteiger partial charge >= 0.3 is 0 Å². The smallest absolute Gasteiger partial charge is 0.220 e. The van der Waals surface area contributed by atoms with Crippen LogP contribution in [-0.4, -0.2) is 20.9 Å². The van der Waals surface area contributed by atoms with Crippen LogP contribution in [0.3, 0.4) is 0 Å². The zero-order valence-corrected chi connectivity index (χ0v) is 17.1. The molecule has 1 atom stereocenters. The monoisotopic (exact) mass is 415 g/mol. The first-order chi connectivity index (χ1) is 13.2. The second-order valence-corrected chi connectivity index (χ2v) is 7.44. The van der Waals surface area contributed by atoms with E-state index in [4.69, 9.17) is 0 Å². The second-order valence-electron chi connectivity index (χ2n) is 6.54. The van der Waals surface area contributed by atoms with E-state index >= 15 is 0 Å². The van der Waals surface area contributed by atoms with Gasteiger partial charge in [-0.1, -0.05) is 13.0 Å². The number of hydrogen-bond donors (Lipinski definition) is 2. The maximum Gasteiger partial charge on any atom is 0.220 e. The summed E-state index contributed by atoms with van der Waals surface area (Å²) >= 11 is 1.59. The van der Waals surface area contributed by atoms with Crippen molar-refractivity contribution in [1.82, 2.24) is 20.3 Å². The van der Waals surface area contributed by atoms with Crippen LogP contribution in [0.15, 0.2) is 42.2 Å². The maximum atomic E-state index is 11.6. The number of rotatable bonds is 5. The molecule has 1 amide bonds. The fourth-order valence-electron chi connectivity index (χ4n) is 3.18. The third-order valence-corrected chi connectivity index (χ3v) is 5.49. The highest BCUT2D eigenvalue weighted by molar-refractivity contribution is 7.13. The van der Waals surface area contributed by atoms with Crippen molar-refractivity contribution in [2.45, 2.75) is 38.6 Å². The Bertz CT molecular complexity index is 930. The molecule has 0 bridgehead atoms. The fourth-order valence-corrected chi connectivity index (χ4v) is 3.84. The van der Waals surface area contributed by atoms with Gasteiger partial charge in [0, 0.05) is 30.4 Å². The quantitative estimate of drug-likeness (QED) is 0.633. The van der Waals surface area contributed by atoms with Crippen molar-refractivity contribution in [3.63, 3.8) is 0 Å². The minimum absolute atomic E-state index is 0. The van der Waals surface area contributed by atoms with Crippen LogP contribution in [0.4, 0.5) is 11.6 Å². The molecule has 4 rings (SSSR count). The number of pyridine rings is 2. The molecule has 0 radical (unpaired) electrons. The molecule has 0 saturated carbocycles.